The summed E-state index contributed by atoms with van der Waals surface area (Å²) in [5.41, 5.74) is 0.549. The number of carbonyl (C=O) groups excluding carboxylic acids is 1. The molecule has 2 N–H and O–H groups in total. The summed E-state index contributed by atoms with van der Waals surface area (Å²) in [6, 6.07) is 0.0971. The Bertz CT molecular complexity index is 456. The van der Waals surface area contributed by atoms with Crippen LogP contribution < -0.4 is 5.32 Å². The molecular weight excluding hydrogens is 254 g/mol. The van der Waals surface area contributed by atoms with Gasteiger partial charge in [-0.1, -0.05) is 11.3 Å². The summed E-state index contributed by atoms with van der Waals surface area (Å²) >= 11 is 1.06. The zero-order valence-corrected chi connectivity index (χ0v) is 11.7. The van der Waals surface area contributed by atoms with Gasteiger partial charge >= 0.3 is 6.09 Å². The molecule has 0 aliphatic heterocycles. The zero-order chi connectivity index (χ0) is 13.9. The van der Waals surface area contributed by atoms with Crippen LogP contribution in [0.4, 0.5) is 9.93 Å². The van der Waals surface area contributed by atoms with E-state index in [1.807, 2.05) is 20.8 Å². The predicted molar refractivity (Wildman–Crippen MR) is 70.3 cm³/mol. The van der Waals surface area contributed by atoms with Crippen LogP contribution in [0.3, 0.4) is 0 Å². The van der Waals surface area contributed by atoms with Crippen LogP contribution in [-0.2, 0) is 0 Å². The highest BCUT2D eigenvalue weighted by molar-refractivity contribution is 7.17. The number of anilines is 1. The van der Waals surface area contributed by atoms with E-state index in [9.17, 15) is 9.59 Å². The lowest BCUT2D eigenvalue weighted by atomic mass is 10.2. The summed E-state index contributed by atoms with van der Waals surface area (Å²) < 4.78 is 0. The minimum atomic E-state index is -1.18. The van der Waals surface area contributed by atoms with Crippen LogP contribution in [0.15, 0.2) is 0 Å². The number of aryl methyl sites for hydroxylation is 1. The molecule has 0 bridgehead atoms. The second-order valence-corrected chi connectivity index (χ2v) is 5.05. The van der Waals surface area contributed by atoms with Crippen molar-refractivity contribution in [2.75, 3.05) is 11.9 Å². The standard InChI is InChI=1S/C11H17N3O3S/c1-5-14(6(2)3)9(15)8-7(4)12-10(18-8)13-11(16)17/h6H,5H2,1-4H3,(H,12,13)(H,16,17). The Hall–Kier alpha value is -1.63. The smallest absolute Gasteiger partial charge is 0.410 e. The van der Waals surface area contributed by atoms with Gasteiger partial charge in [-0.25, -0.2) is 9.78 Å². The Morgan fingerprint density at radius 2 is 2.11 bits per heavy atom. The van der Waals surface area contributed by atoms with Crippen molar-refractivity contribution in [1.29, 1.82) is 0 Å². The lowest BCUT2D eigenvalue weighted by molar-refractivity contribution is 0.0721. The third-order valence-corrected chi connectivity index (χ3v) is 3.49. The van der Waals surface area contributed by atoms with E-state index in [0.29, 0.717) is 17.1 Å². The number of hydrogen-bond acceptors (Lipinski definition) is 4. The SMILES string of the molecule is CCN(C(=O)c1sc(NC(=O)O)nc1C)C(C)C. The fourth-order valence-electron chi connectivity index (χ4n) is 1.61. The van der Waals surface area contributed by atoms with Crippen molar-refractivity contribution in [2.24, 2.45) is 0 Å². The first-order valence-corrected chi connectivity index (χ1v) is 6.46. The number of carboxylic acid groups (broad SMARTS) is 1. The van der Waals surface area contributed by atoms with Crippen molar-refractivity contribution in [1.82, 2.24) is 9.88 Å². The van der Waals surface area contributed by atoms with Crippen LogP contribution in [0.25, 0.3) is 0 Å². The average Bonchev–Trinajstić information content (AvgIpc) is 2.58. The van der Waals surface area contributed by atoms with Gasteiger partial charge in [-0.05, 0) is 27.7 Å². The fraction of sp³-hybridized carbons (Fsp3) is 0.545. The molecular formula is C11H17N3O3S. The van der Waals surface area contributed by atoms with Crippen molar-refractivity contribution in [2.45, 2.75) is 33.7 Å². The first-order valence-electron chi connectivity index (χ1n) is 5.65. The number of rotatable bonds is 4. The summed E-state index contributed by atoms with van der Waals surface area (Å²) in [4.78, 5) is 29.0. The molecule has 1 aromatic heterocycles. The molecule has 100 valence electrons. The first-order chi connectivity index (χ1) is 8.36. The Morgan fingerprint density at radius 3 is 2.56 bits per heavy atom. The highest BCUT2D eigenvalue weighted by Crippen LogP contribution is 2.24. The normalized spacial score (nSPS) is 10.5. The molecule has 0 aromatic carbocycles. The van der Waals surface area contributed by atoms with E-state index >= 15 is 0 Å². The minimum Gasteiger partial charge on any atom is -0.465 e. The Balaban J connectivity index is 2.98. The Kier molecular flexibility index (Phi) is 4.66. The number of aromatic nitrogens is 1. The van der Waals surface area contributed by atoms with Crippen molar-refractivity contribution >= 4 is 28.5 Å². The largest absolute Gasteiger partial charge is 0.465 e. The van der Waals surface area contributed by atoms with Gasteiger partial charge in [0, 0.05) is 12.6 Å². The van der Waals surface area contributed by atoms with Gasteiger partial charge in [0.2, 0.25) is 0 Å². The Labute approximate surface area is 110 Å². The summed E-state index contributed by atoms with van der Waals surface area (Å²) in [5.74, 6) is -0.110. The van der Waals surface area contributed by atoms with Gasteiger partial charge in [0.05, 0.1) is 5.69 Å². The molecule has 0 spiro atoms. The molecule has 0 aliphatic rings. The van der Waals surface area contributed by atoms with Gasteiger partial charge in [0.1, 0.15) is 4.88 Å². The Morgan fingerprint density at radius 1 is 1.50 bits per heavy atom. The van der Waals surface area contributed by atoms with E-state index in [1.54, 1.807) is 11.8 Å². The van der Waals surface area contributed by atoms with Gasteiger partial charge in [-0.2, -0.15) is 0 Å². The van der Waals surface area contributed by atoms with E-state index in [1.165, 1.54) is 0 Å². The van der Waals surface area contributed by atoms with Crippen molar-refractivity contribution < 1.29 is 14.7 Å². The molecule has 0 fully saturated rings. The second-order valence-electron chi connectivity index (χ2n) is 4.05. The maximum atomic E-state index is 12.3. The lowest BCUT2D eigenvalue weighted by Crippen LogP contribution is -2.36. The fourth-order valence-corrected chi connectivity index (χ4v) is 2.53. The minimum absolute atomic E-state index is 0.0971. The molecule has 0 saturated carbocycles. The van der Waals surface area contributed by atoms with E-state index < -0.39 is 6.09 Å². The van der Waals surface area contributed by atoms with Crippen molar-refractivity contribution in [3.63, 3.8) is 0 Å². The number of carbonyl (C=O) groups is 2. The van der Waals surface area contributed by atoms with Crippen LogP contribution in [0.1, 0.15) is 36.1 Å². The molecule has 0 atom stereocenters. The molecule has 7 heteroatoms. The number of nitrogens with zero attached hydrogens (tertiary/aromatic N) is 2. The van der Waals surface area contributed by atoms with E-state index in [2.05, 4.69) is 10.3 Å². The highest BCUT2D eigenvalue weighted by Gasteiger charge is 2.22. The predicted octanol–water partition coefficient (Wildman–Crippen LogP) is 2.41. The number of amides is 2. The lowest BCUT2D eigenvalue weighted by Gasteiger charge is -2.24. The molecule has 1 rings (SSSR count). The maximum absolute atomic E-state index is 12.3. The summed E-state index contributed by atoms with van der Waals surface area (Å²) in [7, 11) is 0. The average molecular weight is 271 g/mol. The van der Waals surface area contributed by atoms with Crippen LogP contribution in [-0.4, -0.2) is 39.6 Å². The van der Waals surface area contributed by atoms with Gasteiger partial charge in [-0.3, -0.25) is 10.1 Å². The molecule has 0 saturated heterocycles. The maximum Gasteiger partial charge on any atom is 0.410 e. The van der Waals surface area contributed by atoms with Crippen LogP contribution in [0.5, 0.6) is 0 Å². The van der Waals surface area contributed by atoms with Gasteiger partial charge in [0.15, 0.2) is 5.13 Å². The second kappa shape index (κ2) is 5.81. The number of nitrogens with one attached hydrogen (secondary N) is 1. The molecule has 2 amide bonds. The number of thiazole rings is 1. The summed E-state index contributed by atoms with van der Waals surface area (Å²) in [6.45, 7) is 8.09. The highest BCUT2D eigenvalue weighted by atomic mass is 32.1. The zero-order valence-electron chi connectivity index (χ0n) is 10.9. The van der Waals surface area contributed by atoms with Crippen LogP contribution in [0.2, 0.25) is 0 Å². The quantitative estimate of drug-likeness (QED) is 0.881. The third kappa shape index (κ3) is 3.19. The van der Waals surface area contributed by atoms with Crippen molar-refractivity contribution in [3.8, 4) is 0 Å². The topological polar surface area (TPSA) is 82.5 Å². The van der Waals surface area contributed by atoms with E-state index in [0.717, 1.165) is 11.3 Å². The van der Waals surface area contributed by atoms with E-state index in [4.69, 9.17) is 5.11 Å². The van der Waals surface area contributed by atoms with Crippen LogP contribution in [0, 0.1) is 6.92 Å². The summed E-state index contributed by atoms with van der Waals surface area (Å²) in [6.07, 6.45) is -1.18. The van der Waals surface area contributed by atoms with Gasteiger partial charge in [-0.15, -0.1) is 0 Å². The van der Waals surface area contributed by atoms with Gasteiger partial charge < -0.3 is 10.0 Å². The molecule has 0 unspecified atom stereocenters. The molecule has 1 aromatic rings. The molecule has 1 heterocycles. The van der Waals surface area contributed by atoms with Crippen LogP contribution >= 0.6 is 11.3 Å². The molecule has 0 radical (unpaired) electrons. The number of hydrogen-bond donors (Lipinski definition) is 2. The summed E-state index contributed by atoms with van der Waals surface area (Å²) in [5, 5.41) is 11.0. The first kappa shape index (κ1) is 14.4. The van der Waals surface area contributed by atoms with E-state index in [-0.39, 0.29) is 17.1 Å². The van der Waals surface area contributed by atoms with Crippen molar-refractivity contribution in [3.05, 3.63) is 10.6 Å². The molecule has 18 heavy (non-hydrogen) atoms. The molecule has 6 nitrogen and oxygen atoms in total. The monoisotopic (exact) mass is 271 g/mol. The van der Waals surface area contributed by atoms with Gasteiger partial charge in [0.25, 0.3) is 5.91 Å². The molecule has 0 aliphatic carbocycles. The third-order valence-electron chi connectivity index (χ3n) is 2.43.